The van der Waals surface area contributed by atoms with E-state index in [2.05, 4.69) is 35.6 Å². The number of carbonyl (C=O) groups excluding carboxylic acids is 1. The predicted octanol–water partition coefficient (Wildman–Crippen LogP) is 2.74. The summed E-state index contributed by atoms with van der Waals surface area (Å²) in [5, 5.41) is 8.84. The monoisotopic (exact) mass is 477 g/mol. The van der Waals surface area contributed by atoms with Crippen LogP contribution in [0.3, 0.4) is 0 Å². The van der Waals surface area contributed by atoms with Crippen molar-refractivity contribution in [3.63, 3.8) is 0 Å². The summed E-state index contributed by atoms with van der Waals surface area (Å²) >= 11 is 3.45. The molecule has 0 saturated carbocycles. The molecule has 3 heterocycles. The number of nitrogens with zero attached hydrogens (tertiary/aromatic N) is 5. The fourth-order valence-corrected chi connectivity index (χ4v) is 4.70. The molecule has 1 aromatic carbocycles. The van der Waals surface area contributed by atoms with Crippen molar-refractivity contribution < 1.29 is 14.3 Å². The molecule has 9 heteroatoms. The van der Waals surface area contributed by atoms with E-state index >= 15 is 0 Å². The lowest BCUT2D eigenvalue weighted by Crippen LogP contribution is -2.48. The summed E-state index contributed by atoms with van der Waals surface area (Å²) in [5.41, 5.74) is 0.572. The summed E-state index contributed by atoms with van der Waals surface area (Å²) in [6.45, 7) is 4.80. The number of fused-ring (bicyclic) bond motifs is 1. The lowest BCUT2D eigenvalue weighted by Gasteiger charge is -2.34. The van der Waals surface area contributed by atoms with Crippen molar-refractivity contribution in [2.24, 2.45) is 0 Å². The second-order valence-corrected chi connectivity index (χ2v) is 8.55. The van der Waals surface area contributed by atoms with Gasteiger partial charge in [-0.25, -0.2) is 0 Å². The van der Waals surface area contributed by atoms with Crippen molar-refractivity contribution >= 4 is 21.8 Å². The molecule has 4 rings (SSSR count). The van der Waals surface area contributed by atoms with E-state index < -0.39 is 0 Å². The highest BCUT2D eigenvalue weighted by Gasteiger charge is 2.25. The van der Waals surface area contributed by atoms with Crippen molar-refractivity contribution in [2.45, 2.75) is 38.8 Å². The Morgan fingerprint density at radius 1 is 1.00 bits per heavy atom. The Labute approximate surface area is 185 Å². The van der Waals surface area contributed by atoms with Crippen LogP contribution in [-0.2, 0) is 19.5 Å². The summed E-state index contributed by atoms with van der Waals surface area (Å²) in [6, 6.07) is 3.51. The number of hydrogen-bond acceptors (Lipinski definition) is 6. The lowest BCUT2D eigenvalue weighted by molar-refractivity contribution is 0.0623. The third kappa shape index (κ3) is 4.32. The molecule has 1 saturated heterocycles. The fourth-order valence-electron chi connectivity index (χ4n) is 4.15. The molecular weight excluding hydrogens is 450 g/mol. The van der Waals surface area contributed by atoms with E-state index in [1.807, 2.05) is 4.90 Å². The van der Waals surface area contributed by atoms with E-state index in [4.69, 9.17) is 9.47 Å². The molecule has 1 amide bonds. The van der Waals surface area contributed by atoms with Crippen molar-refractivity contribution in [3.8, 4) is 11.5 Å². The molecule has 0 unspecified atom stereocenters. The van der Waals surface area contributed by atoms with Gasteiger partial charge in [-0.15, -0.1) is 10.2 Å². The van der Waals surface area contributed by atoms with Crippen LogP contribution < -0.4 is 9.47 Å². The average Bonchev–Trinajstić information content (AvgIpc) is 2.99. The van der Waals surface area contributed by atoms with Crippen LogP contribution in [0, 0.1) is 0 Å². The Bertz CT molecular complexity index is 883. The zero-order valence-corrected chi connectivity index (χ0v) is 19.2. The minimum Gasteiger partial charge on any atom is -0.495 e. The first-order valence-corrected chi connectivity index (χ1v) is 11.2. The number of aromatic nitrogens is 3. The Balaban J connectivity index is 1.39. The number of hydrogen-bond donors (Lipinski definition) is 0. The zero-order chi connectivity index (χ0) is 21.1. The van der Waals surface area contributed by atoms with E-state index in [1.54, 1.807) is 26.4 Å². The molecule has 0 aliphatic carbocycles. The Kier molecular flexibility index (Phi) is 6.58. The van der Waals surface area contributed by atoms with Crippen molar-refractivity contribution in [1.29, 1.82) is 0 Å². The number of rotatable bonds is 5. The van der Waals surface area contributed by atoms with Crippen LogP contribution in [0.5, 0.6) is 11.5 Å². The van der Waals surface area contributed by atoms with Crippen LogP contribution in [0.2, 0.25) is 0 Å². The summed E-state index contributed by atoms with van der Waals surface area (Å²) in [5.74, 6) is 3.34. The molecule has 2 aliphatic heterocycles. The van der Waals surface area contributed by atoms with Crippen LogP contribution >= 0.6 is 15.9 Å². The van der Waals surface area contributed by atoms with Crippen LogP contribution in [-0.4, -0.2) is 70.9 Å². The average molecular weight is 478 g/mol. The van der Waals surface area contributed by atoms with Gasteiger partial charge in [0, 0.05) is 44.7 Å². The highest BCUT2D eigenvalue weighted by molar-refractivity contribution is 9.10. The number of halogens is 1. The van der Waals surface area contributed by atoms with Gasteiger partial charge in [0.25, 0.3) is 5.91 Å². The quantitative estimate of drug-likeness (QED) is 0.658. The number of amides is 1. The number of benzene rings is 1. The standard InChI is InChI=1S/C21H28BrN5O3/c1-29-16-12-15(13-17(30-2)20(16)22)21(28)26-10-8-25(9-11-26)14-19-24-23-18-6-4-3-5-7-27(18)19/h12-13H,3-11,14H2,1-2H3. The molecule has 0 bridgehead atoms. The van der Waals surface area contributed by atoms with E-state index in [-0.39, 0.29) is 5.91 Å². The SMILES string of the molecule is COc1cc(C(=O)N2CCN(Cc3nnc4n3CCCCC4)CC2)cc(OC)c1Br. The summed E-state index contributed by atoms with van der Waals surface area (Å²) in [6.07, 6.45) is 4.68. The lowest BCUT2D eigenvalue weighted by atomic mass is 10.1. The van der Waals surface area contributed by atoms with Crippen molar-refractivity contribution in [2.75, 3.05) is 40.4 Å². The van der Waals surface area contributed by atoms with Crippen LogP contribution in [0.25, 0.3) is 0 Å². The van der Waals surface area contributed by atoms with Crippen LogP contribution in [0.1, 0.15) is 41.3 Å². The Morgan fingerprint density at radius 2 is 1.70 bits per heavy atom. The first-order valence-electron chi connectivity index (χ1n) is 10.4. The molecule has 0 radical (unpaired) electrons. The number of ether oxygens (including phenoxy) is 2. The van der Waals surface area contributed by atoms with Gasteiger partial charge in [0.2, 0.25) is 0 Å². The van der Waals surface area contributed by atoms with Gasteiger partial charge in [-0.3, -0.25) is 9.69 Å². The fraction of sp³-hybridized carbons (Fsp3) is 0.571. The first kappa shape index (κ1) is 21.1. The number of carbonyl (C=O) groups is 1. The molecular formula is C21H28BrN5O3. The molecule has 2 aliphatic rings. The molecule has 30 heavy (non-hydrogen) atoms. The number of piperazine rings is 1. The zero-order valence-electron chi connectivity index (χ0n) is 17.6. The number of aryl methyl sites for hydroxylation is 1. The maximum atomic E-state index is 13.1. The first-order chi connectivity index (χ1) is 14.6. The molecule has 0 atom stereocenters. The van der Waals surface area contributed by atoms with Gasteiger partial charge in [0.1, 0.15) is 27.6 Å². The third-order valence-electron chi connectivity index (χ3n) is 5.90. The maximum Gasteiger partial charge on any atom is 0.254 e. The normalized spacial score (nSPS) is 17.4. The van der Waals surface area contributed by atoms with Gasteiger partial charge in [0.05, 0.1) is 20.8 Å². The van der Waals surface area contributed by atoms with E-state index in [0.717, 1.165) is 44.2 Å². The smallest absolute Gasteiger partial charge is 0.254 e. The second-order valence-electron chi connectivity index (χ2n) is 7.76. The van der Waals surface area contributed by atoms with Gasteiger partial charge >= 0.3 is 0 Å². The van der Waals surface area contributed by atoms with Crippen LogP contribution in [0.15, 0.2) is 16.6 Å². The Hall–Kier alpha value is -2.13. The molecule has 1 fully saturated rings. The minimum absolute atomic E-state index is 0.00454. The molecule has 0 N–H and O–H groups in total. The van der Waals surface area contributed by atoms with E-state index in [9.17, 15) is 4.79 Å². The Morgan fingerprint density at radius 3 is 2.37 bits per heavy atom. The van der Waals surface area contributed by atoms with E-state index in [0.29, 0.717) is 34.6 Å². The van der Waals surface area contributed by atoms with Crippen LogP contribution in [0.4, 0.5) is 0 Å². The summed E-state index contributed by atoms with van der Waals surface area (Å²) in [7, 11) is 3.16. The second kappa shape index (κ2) is 9.34. The summed E-state index contributed by atoms with van der Waals surface area (Å²) < 4.78 is 13.8. The highest BCUT2D eigenvalue weighted by atomic mass is 79.9. The molecule has 162 valence electrons. The van der Waals surface area contributed by atoms with Gasteiger partial charge in [-0.1, -0.05) is 6.42 Å². The number of methoxy groups -OCH3 is 2. The largest absolute Gasteiger partial charge is 0.495 e. The van der Waals surface area contributed by atoms with E-state index in [1.165, 1.54) is 19.3 Å². The van der Waals surface area contributed by atoms with Gasteiger partial charge < -0.3 is 18.9 Å². The molecule has 0 spiro atoms. The maximum absolute atomic E-state index is 13.1. The van der Waals surface area contributed by atoms with Gasteiger partial charge in [0.15, 0.2) is 0 Å². The van der Waals surface area contributed by atoms with Gasteiger partial charge in [-0.2, -0.15) is 0 Å². The third-order valence-corrected chi connectivity index (χ3v) is 6.68. The van der Waals surface area contributed by atoms with Gasteiger partial charge in [-0.05, 0) is 40.9 Å². The summed E-state index contributed by atoms with van der Waals surface area (Å²) in [4.78, 5) is 17.3. The minimum atomic E-state index is -0.00454. The topological polar surface area (TPSA) is 72.7 Å². The highest BCUT2D eigenvalue weighted by Crippen LogP contribution is 2.36. The molecule has 8 nitrogen and oxygen atoms in total. The molecule has 2 aromatic rings. The van der Waals surface area contributed by atoms with Crippen molar-refractivity contribution in [3.05, 3.63) is 33.8 Å². The predicted molar refractivity (Wildman–Crippen MR) is 116 cm³/mol. The molecule has 1 aromatic heterocycles. The van der Waals surface area contributed by atoms with Crippen molar-refractivity contribution in [1.82, 2.24) is 24.6 Å².